The van der Waals surface area contributed by atoms with E-state index in [1.165, 1.54) is 31.4 Å². The van der Waals surface area contributed by atoms with Crippen molar-refractivity contribution < 1.29 is 0 Å². The average Bonchev–Trinajstić information content (AvgIpc) is 2.99. The molecule has 0 radical (unpaired) electrons. The van der Waals surface area contributed by atoms with Crippen molar-refractivity contribution in [3.8, 4) is 5.69 Å². The van der Waals surface area contributed by atoms with Crippen molar-refractivity contribution in [3.63, 3.8) is 0 Å². The van der Waals surface area contributed by atoms with Gasteiger partial charge in [-0.3, -0.25) is 4.90 Å². The molecular formula is C17H24N4. The Bertz CT molecular complexity index is 547. The molecule has 1 aromatic heterocycles. The van der Waals surface area contributed by atoms with Crippen LogP contribution in [0.2, 0.25) is 0 Å². The first-order valence-corrected chi connectivity index (χ1v) is 7.84. The Morgan fingerprint density at radius 2 is 2.10 bits per heavy atom. The van der Waals surface area contributed by atoms with Gasteiger partial charge in [0.2, 0.25) is 0 Å². The molecular weight excluding hydrogens is 260 g/mol. The molecule has 0 aliphatic carbocycles. The van der Waals surface area contributed by atoms with Crippen LogP contribution in [-0.2, 0) is 6.54 Å². The molecule has 1 N–H and O–H groups in total. The van der Waals surface area contributed by atoms with Gasteiger partial charge in [0.1, 0.15) is 0 Å². The van der Waals surface area contributed by atoms with E-state index in [4.69, 9.17) is 0 Å². The topological polar surface area (TPSA) is 33.1 Å². The molecule has 1 aromatic carbocycles. The first-order chi connectivity index (χ1) is 10.4. The van der Waals surface area contributed by atoms with Crippen LogP contribution in [0.4, 0.5) is 0 Å². The Hall–Kier alpha value is -1.65. The smallest absolute Gasteiger partial charge is 0.0645 e. The zero-order valence-corrected chi connectivity index (χ0v) is 12.7. The summed E-state index contributed by atoms with van der Waals surface area (Å²) in [5, 5.41) is 7.82. The maximum atomic E-state index is 4.50. The Balaban J connectivity index is 1.69. The highest BCUT2D eigenvalue weighted by atomic mass is 15.3. The highest BCUT2D eigenvalue weighted by Gasteiger charge is 2.22. The van der Waals surface area contributed by atoms with E-state index in [9.17, 15) is 0 Å². The number of nitrogens with one attached hydrogen (secondary N) is 1. The third-order valence-corrected chi connectivity index (χ3v) is 4.23. The Kier molecular flexibility index (Phi) is 4.68. The van der Waals surface area contributed by atoms with Gasteiger partial charge < -0.3 is 5.32 Å². The third kappa shape index (κ3) is 3.52. The van der Waals surface area contributed by atoms with Crippen LogP contribution in [0.15, 0.2) is 42.7 Å². The summed E-state index contributed by atoms with van der Waals surface area (Å²) < 4.78 is 1.96. The fraction of sp³-hybridized carbons (Fsp3) is 0.471. The van der Waals surface area contributed by atoms with E-state index >= 15 is 0 Å². The lowest BCUT2D eigenvalue weighted by atomic mass is 10.0. The van der Waals surface area contributed by atoms with Gasteiger partial charge >= 0.3 is 0 Å². The molecule has 0 bridgehead atoms. The number of likely N-dealkylation sites (N-methyl/N-ethyl adjacent to an activating group) is 1. The summed E-state index contributed by atoms with van der Waals surface area (Å²) in [7, 11) is 2.04. The second-order valence-electron chi connectivity index (χ2n) is 5.81. The number of rotatable bonds is 5. The van der Waals surface area contributed by atoms with Crippen LogP contribution in [0.5, 0.6) is 0 Å². The zero-order chi connectivity index (χ0) is 14.5. The van der Waals surface area contributed by atoms with Crippen molar-refractivity contribution in [2.45, 2.75) is 31.8 Å². The first-order valence-electron chi connectivity index (χ1n) is 7.84. The molecule has 1 fully saturated rings. The van der Waals surface area contributed by atoms with Gasteiger partial charge in [0.25, 0.3) is 0 Å². The molecule has 0 spiro atoms. The summed E-state index contributed by atoms with van der Waals surface area (Å²) in [4.78, 5) is 2.59. The van der Waals surface area contributed by atoms with Gasteiger partial charge in [0, 0.05) is 30.9 Å². The molecule has 4 heteroatoms. The Labute approximate surface area is 126 Å². The minimum absolute atomic E-state index is 0.656. The van der Waals surface area contributed by atoms with E-state index in [1.54, 1.807) is 0 Å². The first kappa shape index (κ1) is 14.3. The molecule has 3 rings (SSSR count). The van der Waals surface area contributed by atoms with Crippen LogP contribution in [0.25, 0.3) is 5.69 Å². The standard InChI is InChI=1S/C17H24N4/c1-18-12-17-9-5-6-10-20(17)13-15-11-19-21(14-15)16-7-3-2-4-8-16/h2-4,7-8,11,14,17-18H,5-6,9-10,12-13H2,1H3. The minimum Gasteiger partial charge on any atom is -0.318 e. The summed E-state index contributed by atoms with van der Waals surface area (Å²) >= 11 is 0. The van der Waals surface area contributed by atoms with E-state index in [2.05, 4.69) is 33.6 Å². The maximum Gasteiger partial charge on any atom is 0.0645 e. The summed E-state index contributed by atoms with van der Waals surface area (Å²) in [6.07, 6.45) is 8.12. The average molecular weight is 284 g/mol. The predicted molar refractivity (Wildman–Crippen MR) is 85.5 cm³/mol. The SMILES string of the molecule is CNCC1CCCCN1Cc1cnn(-c2ccccc2)c1. The molecule has 2 aromatic rings. The van der Waals surface area contributed by atoms with E-state index < -0.39 is 0 Å². The Morgan fingerprint density at radius 1 is 1.24 bits per heavy atom. The number of likely N-dealkylation sites (tertiary alicyclic amines) is 1. The molecule has 4 nitrogen and oxygen atoms in total. The van der Waals surface area contributed by atoms with E-state index in [0.29, 0.717) is 6.04 Å². The van der Waals surface area contributed by atoms with Gasteiger partial charge in [-0.1, -0.05) is 24.6 Å². The van der Waals surface area contributed by atoms with Crippen molar-refractivity contribution in [3.05, 3.63) is 48.3 Å². The van der Waals surface area contributed by atoms with Crippen LogP contribution in [-0.4, -0.2) is 40.9 Å². The lowest BCUT2D eigenvalue weighted by molar-refractivity contribution is 0.139. The van der Waals surface area contributed by atoms with Crippen molar-refractivity contribution in [1.82, 2.24) is 20.0 Å². The lowest BCUT2D eigenvalue weighted by Gasteiger charge is -2.35. The molecule has 1 saturated heterocycles. The predicted octanol–water partition coefficient (Wildman–Crippen LogP) is 2.45. The molecule has 1 aliphatic heterocycles. The monoisotopic (exact) mass is 284 g/mol. The number of aromatic nitrogens is 2. The van der Waals surface area contributed by atoms with Crippen molar-refractivity contribution in [1.29, 1.82) is 0 Å². The molecule has 0 saturated carbocycles. The van der Waals surface area contributed by atoms with Crippen LogP contribution in [0, 0.1) is 0 Å². The fourth-order valence-electron chi connectivity index (χ4n) is 3.13. The number of nitrogens with zero attached hydrogens (tertiary/aromatic N) is 3. The number of benzene rings is 1. The molecule has 1 aliphatic rings. The van der Waals surface area contributed by atoms with Crippen LogP contribution < -0.4 is 5.32 Å². The van der Waals surface area contributed by atoms with Crippen LogP contribution in [0.3, 0.4) is 0 Å². The van der Waals surface area contributed by atoms with Gasteiger partial charge in [-0.15, -0.1) is 0 Å². The zero-order valence-electron chi connectivity index (χ0n) is 12.7. The fourth-order valence-corrected chi connectivity index (χ4v) is 3.13. The summed E-state index contributed by atoms with van der Waals surface area (Å²) in [5.41, 5.74) is 2.41. The second-order valence-corrected chi connectivity index (χ2v) is 5.81. The highest BCUT2D eigenvalue weighted by molar-refractivity contribution is 5.30. The van der Waals surface area contributed by atoms with Crippen molar-refractivity contribution in [2.75, 3.05) is 20.1 Å². The van der Waals surface area contributed by atoms with Crippen molar-refractivity contribution >= 4 is 0 Å². The van der Waals surface area contributed by atoms with Gasteiger partial charge in [-0.25, -0.2) is 4.68 Å². The van der Waals surface area contributed by atoms with E-state index in [0.717, 1.165) is 18.8 Å². The highest BCUT2D eigenvalue weighted by Crippen LogP contribution is 2.19. The summed E-state index contributed by atoms with van der Waals surface area (Å²) in [6, 6.07) is 10.9. The minimum atomic E-state index is 0.656. The molecule has 1 atom stereocenters. The van der Waals surface area contributed by atoms with Crippen molar-refractivity contribution in [2.24, 2.45) is 0 Å². The van der Waals surface area contributed by atoms with E-state index in [-0.39, 0.29) is 0 Å². The number of para-hydroxylation sites is 1. The van der Waals surface area contributed by atoms with Gasteiger partial charge in [0.05, 0.1) is 11.9 Å². The molecule has 112 valence electrons. The third-order valence-electron chi connectivity index (χ3n) is 4.23. The molecule has 0 amide bonds. The summed E-state index contributed by atoms with van der Waals surface area (Å²) in [6.45, 7) is 3.27. The molecule has 1 unspecified atom stereocenters. The maximum absolute atomic E-state index is 4.50. The molecule has 21 heavy (non-hydrogen) atoms. The number of hydrogen-bond acceptors (Lipinski definition) is 3. The van der Waals surface area contributed by atoms with Crippen LogP contribution >= 0.6 is 0 Å². The second kappa shape index (κ2) is 6.87. The summed E-state index contributed by atoms with van der Waals surface area (Å²) in [5.74, 6) is 0. The van der Waals surface area contributed by atoms with Gasteiger partial charge in [0.15, 0.2) is 0 Å². The normalized spacial score (nSPS) is 19.8. The largest absolute Gasteiger partial charge is 0.318 e. The number of hydrogen-bond donors (Lipinski definition) is 1. The Morgan fingerprint density at radius 3 is 2.90 bits per heavy atom. The quantitative estimate of drug-likeness (QED) is 0.915. The molecule has 2 heterocycles. The van der Waals surface area contributed by atoms with Gasteiger partial charge in [-0.05, 0) is 38.6 Å². The number of piperidine rings is 1. The van der Waals surface area contributed by atoms with Crippen LogP contribution in [0.1, 0.15) is 24.8 Å². The lowest BCUT2D eigenvalue weighted by Crippen LogP contribution is -2.44. The van der Waals surface area contributed by atoms with E-state index in [1.807, 2.05) is 36.1 Å². The van der Waals surface area contributed by atoms with Gasteiger partial charge in [-0.2, -0.15) is 5.10 Å².